The average molecular weight is 250 g/mol. The standard InChI is InChI=1S/C14H26N4/c1-5-18(13-6-7-13)9-8-15-10-14-11(2)16-17(4)12(14)3/h13,15H,5-10H2,1-4H3. The SMILES string of the molecule is CCN(CCNCc1c(C)nn(C)c1C)C1CC1. The summed E-state index contributed by atoms with van der Waals surface area (Å²) in [5.74, 6) is 0. The molecule has 0 bridgehead atoms. The van der Waals surface area contributed by atoms with Gasteiger partial charge in [-0.2, -0.15) is 5.10 Å². The molecule has 1 aromatic rings. The Morgan fingerprint density at radius 3 is 2.61 bits per heavy atom. The highest BCUT2D eigenvalue weighted by Gasteiger charge is 2.26. The molecule has 1 aromatic heterocycles. The van der Waals surface area contributed by atoms with Crippen LogP contribution >= 0.6 is 0 Å². The minimum Gasteiger partial charge on any atom is -0.311 e. The predicted octanol–water partition coefficient (Wildman–Crippen LogP) is 1.61. The van der Waals surface area contributed by atoms with Crippen LogP contribution in [0.1, 0.15) is 36.7 Å². The van der Waals surface area contributed by atoms with Gasteiger partial charge < -0.3 is 5.32 Å². The van der Waals surface area contributed by atoms with E-state index in [0.29, 0.717) is 0 Å². The first kappa shape index (κ1) is 13.6. The van der Waals surface area contributed by atoms with E-state index in [4.69, 9.17) is 0 Å². The average Bonchev–Trinajstić information content (AvgIpc) is 3.13. The molecule has 18 heavy (non-hydrogen) atoms. The highest BCUT2D eigenvalue weighted by atomic mass is 15.3. The molecule has 0 unspecified atom stereocenters. The summed E-state index contributed by atoms with van der Waals surface area (Å²) in [5.41, 5.74) is 3.78. The molecule has 0 radical (unpaired) electrons. The molecule has 0 atom stereocenters. The second kappa shape index (κ2) is 5.85. The topological polar surface area (TPSA) is 33.1 Å². The Morgan fingerprint density at radius 1 is 1.39 bits per heavy atom. The molecular weight excluding hydrogens is 224 g/mol. The molecule has 1 saturated carbocycles. The van der Waals surface area contributed by atoms with Crippen molar-refractivity contribution in [2.75, 3.05) is 19.6 Å². The quantitative estimate of drug-likeness (QED) is 0.746. The van der Waals surface area contributed by atoms with Crippen LogP contribution in [0.25, 0.3) is 0 Å². The normalized spacial score (nSPS) is 15.6. The van der Waals surface area contributed by atoms with E-state index in [2.05, 4.69) is 36.1 Å². The Balaban J connectivity index is 1.74. The summed E-state index contributed by atoms with van der Waals surface area (Å²) in [6.07, 6.45) is 2.79. The number of aromatic nitrogens is 2. The first-order valence-electron chi connectivity index (χ1n) is 7.07. The lowest BCUT2D eigenvalue weighted by molar-refractivity contribution is 0.277. The highest BCUT2D eigenvalue weighted by Crippen LogP contribution is 2.25. The molecule has 0 amide bonds. The van der Waals surface area contributed by atoms with Crippen molar-refractivity contribution in [1.29, 1.82) is 0 Å². The van der Waals surface area contributed by atoms with Crippen molar-refractivity contribution in [3.05, 3.63) is 17.0 Å². The lowest BCUT2D eigenvalue weighted by Gasteiger charge is -2.19. The third kappa shape index (κ3) is 3.12. The van der Waals surface area contributed by atoms with E-state index in [1.165, 1.54) is 37.2 Å². The van der Waals surface area contributed by atoms with Crippen LogP contribution in [0.5, 0.6) is 0 Å². The van der Waals surface area contributed by atoms with Crippen molar-refractivity contribution < 1.29 is 0 Å². The van der Waals surface area contributed by atoms with Gasteiger partial charge >= 0.3 is 0 Å². The van der Waals surface area contributed by atoms with Gasteiger partial charge in [0.2, 0.25) is 0 Å². The number of likely N-dealkylation sites (N-methyl/N-ethyl adjacent to an activating group) is 1. The van der Waals surface area contributed by atoms with Crippen molar-refractivity contribution in [3.63, 3.8) is 0 Å². The van der Waals surface area contributed by atoms with Gasteiger partial charge in [0.05, 0.1) is 5.69 Å². The maximum Gasteiger partial charge on any atom is 0.0641 e. The molecule has 1 N–H and O–H groups in total. The monoisotopic (exact) mass is 250 g/mol. The van der Waals surface area contributed by atoms with Gasteiger partial charge in [-0.3, -0.25) is 9.58 Å². The number of rotatable bonds is 7. The van der Waals surface area contributed by atoms with Gasteiger partial charge in [-0.25, -0.2) is 0 Å². The van der Waals surface area contributed by atoms with Crippen LogP contribution < -0.4 is 5.32 Å². The minimum absolute atomic E-state index is 0.874. The van der Waals surface area contributed by atoms with Crippen LogP contribution in [-0.2, 0) is 13.6 Å². The summed E-state index contributed by atoms with van der Waals surface area (Å²) >= 11 is 0. The highest BCUT2D eigenvalue weighted by molar-refractivity contribution is 5.23. The van der Waals surface area contributed by atoms with Crippen molar-refractivity contribution in [3.8, 4) is 0 Å². The van der Waals surface area contributed by atoms with Crippen molar-refractivity contribution in [1.82, 2.24) is 20.0 Å². The summed E-state index contributed by atoms with van der Waals surface area (Å²) in [6.45, 7) is 10.8. The molecule has 1 fully saturated rings. The molecular formula is C14H26N4. The summed E-state index contributed by atoms with van der Waals surface area (Å²) in [4.78, 5) is 2.58. The van der Waals surface area contributed by atoms with Gasteiger partial charge in [0.1, 0.15) is 0 Å². The summed E-state index contributed by atoms with van der Waals surface area (Å²) in [7, 11) is 2.01. The van der Waals surface area contributed by atoms with Crippen molar-refractivity contribution in [2.45, 2.75) is 46.2 Å². The summed E-state index contributed by atoms with van der Waals surface area (Å²) < 4.78 is 1.97. The maximum absolute atomic E-state index is 4.45. The lowest BCUT2D eigenvalue weighted by Crippen LogP contribution is -2.33. The Kier molecular flexibility index (Phi) is 4.40. The Hall–Kier alpha value is -0.870. The van der Waals surface area contributed by atoms with Gasteiger partial charge in [0.25, 0.3) is 0 Å². The zero-order valence-electron chi connectivity index (χ0n) is 12.2. The fourth-order valence-corrected chi connectivity index (χ4v) is 2.55. The Morgan fingerprint density at radius 2 is 2.11 bits per heavy atom. The van der Waals surface area contributed by atoms with Crippen LogP contribution in [0, 0.1) is 13.8 Å². The third-order valence-corrected chi connectivity index (χ3v) is 4.01. The molecule has 0 saturated heterocycles. The molecule has 0 aromatic carbocycles. The molecule has 1 aliphatic carbocycles. The molecule has 1 aliphatic rings. The first-order chi connectivity index (χ1) is 8.63. The van der Waals surface area contributed by atoms with E-state index in [1.807, 2.05) is 11.7 Å². The van der Waals surface area contributed by atoms with E-state index >= 15 is 0 Å². The Labute approximate surface area is 110 Å². The van der Waals surface area contributed by atoms with Crippen LogP contribution in [-0.4, -0.2) is 40.4 Å². The van der Waals surface area contributed by atoms with E-state index in [9.17, 15) is 0 Å². The van der Waals surface area contributed by atoms with Gasteiger partial charge in [-0.05, 0) is 33.2 Å². The number of aryl methyl sites for hydroxylation is 2. The van der Waals surface area contributed by atoms with Crippen molar-refractivity contribution >= 4 is 0 Å². The van der Waals surface area contributed by atoms with Crippen LogP contribution in [0.2, 0.25) is 0 Å². The fourth-order valence-electron chi connectivity index (χ4n) is 2.55. The van der Waals surface area contributed by atoms with E-state index < -0.39 is 0 Å². The molecule has 0 aliphatic heterocycles. The molecule has 0 spiro atoms. The zero-order chi connectivity index (χ0) is 13.1. The first-order valence-corrected chi connectivity index (χ1v) is 7.07. The second-order valence-electron chi connectivity index (χ2n) is 5.31. The van der Waals surface area contributed by atoms with Gasteiger partial charge in [-0.15, -0.1) is 0 Å². The molecule has 1 heterocycles. The second-order valence-corrected chi connectivity index (χ2v) is 5.31. The zero-order valence-corrected chi connectivity index (χ0v) is 12.2. The number of nitrogens with one attached hydrogen (secondary N) is 1. The summed E-state index contributed by atoms with van der Waals surface area (Å²) in [5, 5.41) is 7.99. The van der Waals surface area contributed by atoms with Gasteiger partial charge in [-0.1, -0.05) is 6.92 Å². The fraction of sp³-hybridized carbons (Fsp3) is 0.786. The molecule has 2 rings (SSSR count). The minimum atomic E-state index is 0.874. The van der Waals surface area contributed by atoms with Crippen LogP contribution in [0.15, 0.2) is 0 Å². The van der Waals surface area contributed by atoms with E-state index in [-0.39, 0.29) is 0 Å². The number of nitrogens with zero attached hydrogens (tertiary/aromatic N) is 3. The van der Waals surface area contributed by atoms with Crippen LogP contribution in [0.4, 0.5) is 0 Å². The third-order valence-electron chi connectivity index (χ3n) is 4.01. The number of hydrogen-bond acceptors (Lipinski definition) is 3. The van der Waals surface area contributed by atoms with E-state index in [0.717, 1.165) is 24.8 Å². The lowest BCUT2D eigenvalue weighted by atomic mass is 10.2. The molecule has 4 heteroatoms. The summed E-state index contributed by atoms with van der Waals surface area (Å²) in [6, 6.07) is 0.874. The number of hydrogen-bond donors (Lipinski definition) is 1. The van der Waals surface area contributed by atoms with Gasteiger partial charge in [0.15, 0.2) is 0 Å². The molecule has 102 valence electrons. The Bertz CT molecular complexity index is 393. The van der Waals surface area contributed by atoms with Crippen molar-refractivity contribution in [2.24, 2.45) is 7.05 Å². The largest absolute Gasteiger partial charge is 0.311 e. The molecule has 4 nitrogen and oxygen atoms in total. The van der Waals surface area contributed by atoms with Gasteiger partial charge in [0, 0.05) is 44.0 Å². The maximum atomic E-state index is 4.45. The predicted molar refractivity (Wildman–Crippen MR) is 74.7 cm³/mol. The van der Waals surface area contributed by atoms with Crippen LogP contribution in [0.3, 0.4) is 0 Å². The smallest absolute Gasteiger partial charge is 0.0641 e. The van der Waals surface area contributed by atoms with E-state index in [1.54, 1.807) is 0 Å².